The molecular formula is C16H28N2O. The van der Waals surface area contributed by atoms with E-state index in [1.165, 1.54) is 11.1 Å². The van der Waals surface area contributed by atoms with Crippen LogP contribution >= 0.6 is 0 Å². The molecular weight excluding hydrogens is 236 g/mol. The van der Waals surface area contributed by atoms with Gasteiger partial charge < -0.3 is 10.5 Å². The standard InChI is InChI=1S/C16H28N2O/c1-4-18(16(13-19-3)10-7-11-17)12-15-9-6-5-8-14(15)2/h5-6,8-9,16H,4,7,10-13,17H2,1-3H3. The second-order valence-corrected chi connectivity index (χ2v) is 5.03. The minimum absolute atomic E-state index is 0.457. The molecule has 0 saturated heterocycles. The van der Waals surface area contributed by atoms with Crippen LogP contribution in [0.4, 0.5) is 0 Å². The maximum absolute atomic E-state index is 5.63. The van der Waals surface area contributed by atoms with Crippen molar-refractivity contribution in [3.8, 4) is 0 Å². The Bertz CT molecular complexity index is 354. The number of hydrogen-bond acceptors (Lipinski definition) is 3. The molecule has 0 heterocycles. The van der Waals surface area contributed by atoms with Crippen molar-refractivity contribution in [1.29, 1.82) is 0 Å². The summed E-state index contributed by atoms with van der Waals surface area (Å²) in [6, 6.07) is 9.05. The molecule has 1 aromatic carbocycles. The molecule has 0 aliphatic rings. The number of nitrogens with zero attached hydrogens (tertiary/aromatic N) is 1. The van der Waals surface area contributed by atoms with Crippen molar-refractivity contribution < 1.29 is 4.74 Å². The quantitative estimate of drug-likeness (QED) is 0.745. The minimum atomic E-state index is 0.457. The summed E-state index contributed by atoms with van der Waals surface area (Å²) in [5.74, 6) is 0. The van der Waals surface area contributed by atoms with E-state index < -0.39 is 0 Å². The van der Waals surface area contributed by atoms with E-state index in [1.54, 1.807) is 7.11 Å². The highest BCUT2D eigenvalue weighted by Crippen LogP contribution is 2.15. The number of benzene rings is 1. The van der Waals surface area contributed by atoms with Crippen LogP contribution in [0.1, 0.15) is 30.9 Å². The van der Waals surface area contributed by atoms with E-state index in [9.17, 15) is 0 Å². The Kier molecular flexibility index (Phi) is 7.72. The zero-order valence-electron chi connectivity index (χ0n) is 12.6. The average molecular weight is 264 g/mol. The lowest BCUT2D eigenvalue weighted by molar-refractivity contribution is 0.0825. The second kappa shape index (κ2) is 9.08. The first kappa shape index (κ1) is 16.2. The molecule has 0 aromatic heterocycles. The van der Waals surface area contributed by atoms with Crippen molar-refractivity contribution in [2.24, 2.45) is 5.73 Å². The van der Waals surface area contributed by atoms with Crippen molar-refractivity contribution >= 4 is 0 Å². The summed E-state index contributed by atoms with van der Waals surface area (Å²) in [6.45, 7) is 7.94. The van der Waals surface area contributed by atoms with Gasteiger partial charge in [-0.15, -0.1) is 0 Å². The minimum Gasteiger partial charge on any atom is -0.383 e. The summed E-state index contributed by atoms with van der Waals surface area (Å²) in [4.78, 5) is 2.49. The van der Waals surface area contributed by atoms with Gasteiger partial charge in [-0.25, -0.2) is 0 Å². The van der Waals surface area contributed by atoms with E-state index in [2.05, 4.69) is 43.0 Å². The number of ether oxygens (including phenoxy) is 1. The summed E-state index contributed by atoms with van der Waals surface area (Å²) in [5.41, 5.74) is 8.39. The number of aryl methyl sites for hydroxylation is 1. The topological polar surface area (TPSA) is 38.5 Å². The van der Waals surface area contributed by atoms with Crippen molar-refractivity contribution in [2.45, 2.75) is 39.3 Å². The lowest BCUT2D eigenvalue weighted by Gasteiger charge is -2.30. The van der Waals surface area contributed by atoms with Gasteiger partial charge in [-0.05, 0) is 44.0 Å². The molecule has 0 amide bonds. The number of nitrogens with two attached hydrogens (primary N) is 1. The molecule has 0 spiro atoms. The zero-order valence-corrected chi connectivity index (χ0v) is 12.6. The van der Waals surface area contributed by atoms with Gasteiger partial charge in [0.25, 0.3) is 0 Å². The SMILES string of the molecule is CCN(Cc1ccccc1C)C(CCCN)COC. The first-order valence-electron chi connectivity index (χ1n) is 7.20. The predicted octanol–water partition coefficient (Wildman–Crippen LogP) is 2.57. The maximum Gasteiger partial charge on any atom is 0.0618 e. The summed E-state index contributed by atoms with van der Waals surface area (Å²) < 4.78 is 5.37. The molecule has 1 rings (SSSR count). The highest BCUT2D eigenvalue weighted by molar-refractivity contribution is 5.25. The Balaban J connectivity index is 2.70. The molecule has 0 fully saturated rings. The third-order valence-corrected chi connectivity index (χ3v) is 3.66. The summed E-state index contributed by atoms with van der Waals surface area (Å²) in [6.07, 6.45) is 2.16. The molecule has 3 heteroatoms. The van der Waals surface area contributed by atoms with Gasteiger partial charge in [0.05, 0.1) is 6.61 Å². The van der Waals surface area contributed by atoms with Crippen LogP contribution in [0.2, 0.25) is 0 Å². The van der Waals surface area contributed by atoms with Crippen molar-refractivity contribution in [2.75, 3.05) is 26.8 Å². The van der Waals surface area contributed by atoms with Crippen molar-refractivity contribution in [3.63, 3.8) is 0 Å². The van der Waals surface area contributed by atoms with Gasteiger partial charge in [0, 0.05) is 19.7 Å². The Hall–Kier alpha value is -0.900. The molecule has 0 aliphatic carbocycles. The Morgan fingerprint density at radius 3 is 2.63 bits per heavy atom. The average Bonchev–Trinajstić information content (AvgIpc) is 2.43. The molecule has 0 radical (unpaired) electrons. The number of likely N-dealkylation sites (N-methyl/N-ethyl adjacent to an activating group) is 1. The Morgan fingerprint density at radius 2 is 2.05 bits per heavy atom. The Morgan fingerprint density at radius 1 is 1.32 bits per heavy atom. The van der Waals surface area contributed by atoms with E-state index in [1.807, 2.05) is 0 Å². The predicted molar refractivity (Wildman–Crippen MR) is 81.2 cm³/mol. The van der Waals surface area contributed by atoms with Gasteiger partial charge in [-0.2, -0.15) is 0 Å². The summed E-state index contributed by atoms with van der Waals surface area (Å²) >= 11 is 0. The fourth-order valence-electron chi connectivity index (χ4n) is 2.42. The van der Waals surface area contributed by atoms with E-state index >= 15 is 0 Å². The lowest BCUT2D eigenvalue weighted by atomic mass is 10.1. The van der Waals surface area contributed by atoms with Crippen LogP contribution in [0.15, 0.2) is 24.3 Å². The van der Waals surface area contributed by atoms with Crippen LogP contribution in [-0.4, -0.2) is 37.7 Å². The van der Waals surface area contributed by atoms with E-state index in [-0.39, 0.29) is 0 Å². The van der Waals surface area contributed by atoms with Crippen LogP contribution < -0.4 is 5.73 Å². The smallest absolute Gasteiger partial charge is 0.0618 e. The molecule has 108 valence electrons. The van der Waals surface area contributed by atoms with Gasteiger partial charge in [-0.1, -0.05) is 31.2 Å². The zero-order chi connectivity index (χ0) is 14.1. The van der Waals surface area contributed by atoms with E-state index in [0.29, 0.717) is 6.04 Å². The third-order valence-electron chi connectivity index (χ3n) is 3.66. The molecule has 1 unspecified atom stereocenters. The van der Waals surface area contributed by atoms with Crippen LogP contribution in [0, 0.1) is 6.92 Å². The fraction of sp³-hybridized carbons (Fsp3) is 0.625. The highest BCUT2D eigenvalue weighted by atomic mass is 16.5. The van der Waals surface area contributed by atoms with Crippen molar-refractivity contribution in [1.82, 2.24) is 4.90 Å². The molecule has 0 aliphatic heterocycles. The molecule has 0 saturated carbocycles. The number of hydrogen-bond donors (Lipinski definition) is 1. The van der Waals surface area contributed by atoms with Crippen LogP contribution in [-0.2, 0) is 11.3 Å². The van der Waals surface area contributed by atoms with Gasteiger partial charge in [0.1, 0.15) is 0 Å². The lowest BCUT2D eigenvalue weighted by Crippen LogP contribution is -2.38. The molecule has 1 aromatic rings. The third kappa shape index (κ3) is 5.31. The largest absolute Gasteiger partial charge is 0.383 e. The van der Waals surface area contributed by atoms with E-state index in [4.69, 9.17) is 10.5 Å². The van der Waals surface area contributed by atoms with E-state index in [0.717, 1.165) is 39.1 Å². The van der Waals surface area contributed by atoms with Gasteiger partial charge in [0.2, 0.25) is 0 Å². The van der Waals surface area contributed by atoms with Crippen LogP contribution in [0.5, 0.6) is 0 Å². The van der Waals surface area contributed by atoms with Crippen LogP contribution in [0.3, 0.4) is 0 Å². The first-order chi connectivity index (χ1) is 9.22. The maximum atomic E-state index is 5.63. The monoisotopic (exact) mass is 264 g/mol. The number of methoxy groups -OCH3 is 1. The van der Waals surface area contributed by atoms with Crippen molar-refractivity contribution in [3.05, 3.63) is 35.4 Å². The highest BCUT2D eigenvalue weighted by Gasteiger charge is 2.17. The van der Waals surface area contributed by atoms with Gasteiger partial charge >= 0.3 is 0 Å². The molecule has 0 bridgehead atoms. The molecule has 1 atom stereocenters. The second-order valence-electron chi connectivity index (χ2n) is 5.03. The molecule has 3 nitrogen and oxygen atoms in total. The van der Waals surface area contributed by atoms with Crippen LogP contribution in [0.25, 0.3) is 0 Å². The Labute approximate surface area is 117 Å². The normalized spacial score (nSPS) is 12.9. The fourth-order valence-corrected chi connectivity index (χ4v) is 2.42. The summed E-state index contributed by atoms with van der Waals surface area (Å²) in [5, 5.41) is 0. The molecule has 2 N–H and O–H groups in total. The summed E-state index contributed by atoms with van der Waals surface area (Å²) in [7, 11) is 1.77. The first-order valence-corrected chi connectivity index (χ1v) is 7.20. The van der Waals surface area contributed by atoms with Gasteiger partial charge in [0.15, 0.2) is 0 Å². The number of rotatable bonds is 9. The van der Waals surface area contributed by atoms with Gasteiger partial charge in [-0.3, -0.25) is 4.90 Å². The molecule has 19 heavy (non-hydrogen) atoms.